The van der Waals surface area contributed by atoms with E-state index in [4.69, 9.17) is 4.42 Å². The molecule has 116 valence electrons. The Morgan fingerprint density at radius 2 is 2.33 bits per heavy atom. The zero-order valence-corrected chi connectivity index (χ0v) is 12.4. The van der Waals surface area contributed by atoms with E-state index in [9.17, 15) is 14.7 Å². The number of amides is 2. The molecule has 0 bridgehead atoms. The summed E-state index contributed by atoms with van der Waals surface area (Å²) in [4.78, 5) is 24.0. The monoisotopic (exact) mass is 294 g/mol. The second-order valence-electron chi connectivity index (χ2n) is 5.94. The molecule has 1 aliphatic carbocycles. The number of rotatable bonds is 5. The summed E-state index contributed by atoms with van der Waals surface area (Å²) in [6, 6.07) is 2.44. The molecule has 1 saturated carbocycles. The molecule has 0 aliphatic heterocycles. The maximum atomic E-state index is 12.2. The lowest BCUT2D eigenvalue weighted by molar-refractivity contribution is -0.124. The third-order valence-electron chi connectivity index (χ3n) is 4.25. The Hall–Kier alpha value is -1.82. The van der Waals surface area contributed by atoms with Crippen LogP contribution in [-0.4, -0.2) is 35.6 Å². The van der Waals surface area contributed by atoms with Crippen LogP contribution in [0, 0.1) is 5.41 Å². The van der Waals surface area contributed by atoms with Gasteiger partial charge in [0.25, 0.3) is 5.91 Å². The molecule has 0 spiro atoms. The molecular formula is C15H22N2O4. The first-order valence-corrected chi connectivity index (χ1v) is 7.22. The van der Waals surface area contributed by atoms with Gasteiger partial charge in [-0.15, -0.1) is 0 Å². The molecule has 3 unspecified atom stereocenters. The Balaban J connectivity index is 1.89. The summed E-state index contributed by atoms with van der Waals surface area (Å²) in [6.07, 6.45) is 4.13. The van der Waals surface area contributed by atoms with E-state index < -0.39 is 11.9 Å². The molecular weight excluding hydrogens is 272 g/mol. The van der Waals surface area contributed by atoms with Crippen LogP contribution in [0.3, 0.4) is 0 Å². The Morgan fingerprint density at radius 1 is 1.57 bits per heavy atom. The van der Waals surface area contributed by atoms with E-state index in [1.165, 1.54) is 6.26 Å². The van der Waals surface area contributed by atoms with Crippen LogP contribution in [0.5, 0.6) is 0 Å². The lowest BCUT2D eigenvalue weighted by Gasteiger charge is -2.31. The molecule has 1 fully saturated rings. The Kier molecular flexibility index (Phi) is 4.67. The first-order valence-electron chi connectivity index (χ1n) is 7.22. The van der Waals surface area contributed by atoms with Crippen molar-refractivity contribution < 1.29 is 19.1 Å². The van der Waals surface area contributed by atoms with Crippen LogP contribution in [0.2, 0.25) is 0 Å². The van der Waals surface area contributed by atoms with Crippen molar-refractivity contribution in [1.29, 1.82) is 0 Å². The van der Waals surface area contributed by atoms with Crippen molar-refractivity contribution in [2.75, 3.05) is 6.61 Å². The molecule has 1 aromatic rings. The minimum absolute atomic E-state index is 0.0467. The molecule has 1 aromatic heterocycles. The second-order valence-corrected chi connectivity index (χ2v) is 5.94. The summed E-state index contributed by atoms with van der Waals surface area (Å²) in [5, 5.41) is 15.0. The molecule has 0 aromatic carbocycles. The minimum Gasteiger partial charge on any atom is -0.459 e. The van der Waals surface area contributed by atoms with Crippen molar-refractivity contribution in [3.63, 3.8) is 0 Å². The molecule has 2 rings (SSSR count). The summed E-state index contributed by atoms with van der Waals surface area (Å²) in [7, 11) is 0. The van der Waals surface area contributed by atoms with Crippen LogP contribution in [0.1, 0.15) is 43.7 Å². The highest BCUT2D eigenvalue weighted by atomic mass is 16.3. The maximum absolute atomic E-state index is 12.2. The Morgan fingerprint density at radius 3 is 2.95 bits per heavy atom. The van der Waals surface area contributed by atoms with E-state index in [2.05, 4.69) is 10.6 Å². The van der Waals surface area contributed by atoms with Gasteiger partial charge >= 0.3 is 0 Å². The lowest BCUT2D eigenvalue weighted by Crippen LogP contribution is -2.51. The number of furan rings is 1. The van der Waals surface area contributed by atoms with Crippen molar-refractivity contribution >= 4 is 11.8 Å². The average Bonchev–Trinajstić information content (AvgIpc) is 3.10. The standard InChI is InChI=1S/C15H22N2O4/c1-10(16-14(20)11-5-4-8-21-11)13(19)17-12-6-3-7-15(12,2)9-18/h4-5,8,10,12,18H,3,6-7,9H2,1-2H3,(H,16,20)(H,17,19). The fourth-order valence-electron chi connectivity index (χ4n) is 2.71. The quantitative estimate of drug-likeness (QED) is 0.757. The van der Waals surface area contributed by atoms with Gasteiger partial charge in [-0.25, -0.2) is 0 Å². The minimum atomic E-state index is -0.661. The number of hydrogen-bond donors (Lipinski definition) is 3. The number of nitrogens with one attached hydrogen (secondary N) is 2. The molecule has 6 heteroatoms. The molecule has 0 saturated heterocycles. The number of carbonyl (C=O) groups is 2. The smallest absolute Gasteiger partial charge is 0.287 e. The summed E-state index contributed by atoms with van der Waals surface area (Å²) in [5.41, 5.74) is -0.277. The van der Waals surface area contributed by atoms with E-state index in [1.807, 2.05) is 6.92 Å². The predicted molar refractivity (Wildman–Crippen MR) is 76.6 cm³/mol. The third kappa shape index (κ3) is 3.44. The van der Waals surface area contributed by atoms with Gasteiger partial charge in [0.15, 0.2) is 5.76 Å². The van der Waals surface area contributed by atoms with Gasteiger partial charge in [0.1, 0.15) is 6.04 Å². The summed E-state index contributed by atoms with van der Waals surface area (Å²) in [6.45, 7) is 3.64. The highest BCUT2D eigenvalue weighted by molar-refractivity contribution is 5.95. The van der Waals surface area contributed by atoms with Crippen LogP contribution in [0.25, 0.3) is 0 Å². The van der Waals surface area contributed by atoms with Crippen molar-refractivity contribution in [2.24, 2.45) is 5.41 Å². The molecule has 3 atom stereocenters. The van der Waals surface area contributed by atoms with Gasteiger partial charge in [0.05, 0.1) is 12.9 Å². The zero-order chi connectivity index (χ0) is 15.5. The topological polar surface area (TPSA) is 91.6 Å². The Bertz CT molecular complexity index is 500. The van der Waals surface area contributed by atoms with Gasteiger partial charge in [0.2, 0.25) is 5.91 Å². The third-order valence-corrected chi connectivity index (χ3v) is 4.25. The second kappa shape index (κ2) is 6.30. The summed E-state index contributed by atoms with van der Waals surface area (Å²) in [5.74, 6) is -0.490. The van der Waals surface area contributed by atoms with E-state index in [0.717, 1.165) is 19.3 Å². The van der Waals surface area contributed by atoms with E-state index in [0.29, 0.717) is 0 Å². The van der Waals surface area contributed by atoms with Crippen molar-refractivity contribution in [3.05, 3.63) is 24.2 Å². The molecule has 1 aliphatic rings. The van der Waals surface area contributed by atoms with Gasteiger partial charge in [-0.1, -0.05) is 13.3 Å². The Labute approximate surface area is 123 Å². The molecule has 0 radical (unpaired) electrons. The van der Waals surface area contributed by atoms with Crippen LogP contribution >= 0.6 is 0 Å². The summed E-state index contributed by atoms with van der Waals surface area (Å²) < 4.78 is 4.98. The van der Waals surface area contributed by atoms with Gasteiger partial charge in [-0.3, -0.25) is 9.59 Å². The van der Waals surface area contributed by atoms with E-state index in [1.54, 1.807) is 19.1 Å². The van der Waals surface area contributed by atoms with Crippen LogP contribution in [0.15, 0.2) is 22.8 Å². The first-order chi connectivity index (χ1) is 9.96. The van der Waals surface area contributed by atoms with Gasteiger partial charge in [-0.2, -0.15) is 0 Å². The fraction of sp³-hybridized carbons (Fsp3) is 0.600. The van der Waals surface area contributed by atoms with Crippen molar-refractivity contribution in [1.82, 2.24) is 10.6 Å². The first kappa shape index (κ1) is 15.6. The lowest BCUT2D eigenvalue weighted by atomic mass is 9.85. The van der Waals surface area contributed by atoms with Crippen molar-refractivity contribution in [3.8, 4) is 0 Å². The average molecular weight is 294 g/mol. The molecule has 3 N–H and O–H groups in total. The van der Waals surface area contributed by atoms with Crippen LogP contribution in [0.4, 0.5) is 0 Å². The fourth-order valence-corrected chi connectivity index (χ4v) is 2.71. The van der Waals surface area contributed by atoms with Gasteiger partial charge in [-0.05, 0) is 31.9 Å². The maximum Gasteiger partial charge on any atom is 0.287 e. The molecule has 1 heterocycles. The molecule has 2 amide bonds. The number of aliphatic hydroxyl groups is 1. The summed E-state index contributed by atoms with van der Waals surface area (Å²) >= 11 is 0. The predicted octanol–water partition coefficient (Wildman–Crippen LogP) is 1.07. The van der Waals surface area contributed by atoms with Gasteiger partial charge < -0.3 is 20.2 Å². The van der Waals surface area contributed by atoms with E-state index >= 15 is 0 Å². The van der Waals surface area contributed by atoms with Crippen molar-refractivity contribution in [2.45, 2.75) is 45.2 Å². The molecule has 21 heavy (non-hydrogen) atoms. The largest absolute Gasteiger partial charge is 0.459 e. The number of aliphatic hydroxyl groups excluding tert-OH is 1. The normalized spacial score (nSPS) is 26.3. The van der Waals surface area contributed by atoms with Crippen LogP contribution in [-0.2, 0) is 4.79 Å². The number of hydrogen-bond acceptors (Lipinski definition) is 4. The highest BCUT2D eigenvalue weighted by Gasteiger charge is 2.39. The van der Waals surface area contributed by atoms with Gasteiger partial charge in [0, 0.05) is 11.5 Å². The van der Waals surface area contributed by atoms with E-state index in [-0.39, 0.29) is 29.7 Å². The number of carbonyl (C=O) groups excluding carboxylic acids is 2. The zero-order valence-electron chi connectivity index (χ0n) is 12.4. The molecule has 6 nitrogen and oxygen atoms in total. The highest BCUT2D eigenvalue weighted by Crippen LogP contribution is 2.37. The van der Waals surface area contributed by atoms with Crippen LogP contribution < -0.4 is 10.6 Å². The SMILES string of the molecule is CC(NC(=O)c1ccco1)C(=O)NC1CCCC1(C)CO.